The normalized spacial score (nSPS) is 15.0. The lowest BCUT2D eigenvalue weighted by molar-refractivity contribution is 0.250. The Bertz CT molecular complexity index is 1440. The van der Waals surface area contributed by atoms with Crippen LogP contribution in [0.3, 0.4) is 0 Å². The number of hydrogen-bond acceptors (Lipinski definition) is 6. The number of fused-ring (bicyclic) bond motifs is 2. The molecule has 0 aliphatic carbocycles. The molecule has 8 heteroatoms. The monoisotopic (exact) mass is 438 g/mol. The van der Waals surface area contributed by atoms with Gasteiger partial charge in [0.15, 0.2) is 11.6 Å². The Morgan fingerprint density at radius 3 is 2.76 bits per heavy atom. The van der Waals surface area contributed by atoms with Crippen LogP contribution in [0.4, 0.5) is 11.6 Å². The van der Waals surface area contributed by atoms with Crippen molar-refractivity contribution in [1.29, 1.82) is 0 Å². The molecule has 0 saturated carbocycles. The topological polar surface area (TPSA) is 103 Å². The summed E-state index contributed by atoms with van der Waals surface area (Å²) in [7, 11) is 0. The summed E-state index contributed by atoms with van der Waals surface area (Å²) in [6.07, 6.45) is 3.88. The summed E-state index contributed by atoms with van der Waals surface area (Å²) in [5.74, 6) is 1.24. The molecule has 5 aromatic rings. The number of anilines is 2. The fraction of sp³-hybridized carbons (Fsp3) is 0.240. The Labute approximate surface area is 191 Å². The number of nitrogens with zero attached hydrogens (tertiary/aromatic N) is 5. The van der Waals surface area contributed by atoms with Crippen LogP contribution in [0.2, 0.25) is 0 Å². The molecule has 1 fully saturated rings. The molecular formula is C25H26N8. The molecule has 0 amide bonds. The third-order valence-corrected chi connectivity index (χ3v) is 6.56. The van der Waals surface area contributed by atoms with Gasteiger partial charge in [0.1, 0.15) is 0 Å². The lowest BCUT2D eigenvalue weighted by Crippen LogP contribution is -2.46. The first-order chi connectivity index (χ1) is 16.2. The van der Waals surface area contributed by atoms with E-state index >= 15 is 0 Å². The van der Waals surface area contributed by atoms with E-state index in [1.807, 2.05) is 19.1 Å². The zero-order valence-corrected chi connectivity index (χ0v) is 18.5. The SMILES string of the molecule is Cc1[nH]nc2ccc(-c3cnc(N)c(N4CCN(Cc5c[nH]c6ccccc56)CC4)n3)cc12. The number of piperazine rings is 1. The summed E-state index contributed by atoms with van der Waals surface area (Å²) >= 11 is 0. The van der Waals surface area contributed by atoms with Gasteiger partial charge in [-0.2, -0.15) is 5.10 Å². The molecule has 0 atom stereocenters. The van der Waals surface area contributed by atoms with Crippen LogP contribution in [0, 0.1) is 6.92 Å². The van der Waals surface area contributed by atoms with E-state index in [0.717, 1.165) is 66.4 Å². The van der Waals surface area contributed by atoms with Crippen molar-refractivity contribution in [3.8, 4) is 11.3 Å². The second kappa shape index (κ2) is 7.90. The van der Waals surface area contributed by atoms with Crippen molar-refractivity contribution >= 4 is 33.4 Å². The fourth-order valence-corrected chi connectivity index (χ4v) is 4.68. The molecule has 0 spiro atoms. The summed E-state index contributed by atoms with van der Waals surface area (Å²) in [5, 5.41) is 9.74. The van der Waals surface area contributed by atoms with E-state index in [2.05, 4.69) is 66.5 Å². The van der Waals surface area contributed by atoms with Crippen LogP contribution in [-0.2, 0) is 6.54 Å². The zero-order valence-electron chi connectivity index (χ0n) is 18.5. The number of para-hydroxylation sites is 1. The molecule has 1 saturated heterocycles. The Morgan fingerprint density at radius 1 is 1.03 bits per heavy atom. The molecule has 6 rings (SSSR count). The van der Waals surface area contributed by atoms with E-state index in [-0.39, 0.29) is 0 Å². The lowest BCUT2D eigenvalue weighted by Gasteiger charge is -2.35. The van der Waals surface area contributed by atoms with Gasteiger partial charge in [0.2, 0.25) is 0 Å². The average molecular weight is 439 g/mol. The van der Waals surface area contributed by atoms with Crippen LogP contribution in [-0.4, -0.2) is 56.2 Å². The Hall–Kier alpha value is -3.91. The van der Waals surface area contributed by atoms with Gasteiger partial charge in [-0.1, -0.05) is 24.3 Å². The molecule has 2 aromatic carbocycles. The van der Waals surface area contributed by atoms with Crippen molar-refractivity contribution in [2.75, 3.05) is 36.8 Å². The Morgan fingerprint density at radius 2 is 1.88 bits per heavy atom. The van der Waals surface area contributed by atoms with E-state index in [0.29, 0.717) is 5.82 Å². The summed E-state index contributed by atoms with van der Waals surface area (Å²) in [4.78, 5) is 17.5. The standard InChI is InChI=1S/C25H26N8/c1-16-20-12-17(6-7-22(20)31-30-16)23-14-28-24(26)25(29-23)33-10-8-32(9-11-33)15-18-13-27-21-5-3-2-4-19(18)21/h2-7,12-14,27H,8-11,15H2,1H3,(H2,26,28)(H,30,31). The molecule has 4 heterocycles. The smallest absolute Gasteiger partial charge is 0.172 e. The summed E-state index contributed by atoms with van der Waals surface area (Å²) in [6, 6.07) is 14.6. The number of H-pyrrole nitrogens is 2. The van der Waals surface area contributed by atoms with Gasteiger partial charge in [-0.3, -0.25) is 10.00 Å². The number of aryl methyl sites for hydroxylation is 1. The summed E-state index contributed by atoms with van der Waals surface area (Å²) in [6.45, 7) is 6.59. The largest absolute Gasteiger partial charge is 0.381 e. The van der Waals surface area contributed by atoms with Gasteiger partial charge in [-0.15, -0.1) is 0 Å². The van der Waals surface area contributed by atoms with E-state index in [1.54, 1.807) is 6.20 Å². The van der Waals surface area contributed by atoms with Crippen LogP contribution in [0.5, 0.6) is 0 Å². The van der Waals surface area contributed by atoms with Crippen molar-refractivity contribution < 1.29 is 0 Å². The highest BCUT2D eigenvalue weighted by molar-refractivity contribution is 5.86. The van der Waals surface area contributed by atoms with Gasteiger partial charge < -0.3 is 15.6 Å². The predicted octanol–water partition coefficient (Wildman–Crippen LogP) is 3.71. The van der Waals surface area contributed by atoms with Gasteiger partial charge in [0.05, 0.1) is 17.4 Å². The highest BCUT2D eigenvalue weighted by Gasteiger charge is 2.22. The molecule has 0 radical (unpaired) electrons. The van der Waals surface area contributed by atoms with Crippen LogP contribution in [0.25, 0.3) is 33.1 Å². The van der Waals surface area contributed by atoms with E-state index in [1.165, 1.54) is 16.5 Å². The number of benzene rings is 2. The minimum absolute atomic E-state index is 0.476. The maximum Gasteiger partial charge on any atom is 0.172 e. The molecule has 33 heavy (non-hydrogen) atoms. The second-order valence-corrected chi connectivity index (χ2v) is 8.67. The third-order valence-electron chi connectivity index (χ3n) is 6.56. The van der Waals surface area contributed by atoms with E-state index in [4.69, 9.17) is 10.7 Å². The second-order valence-electron chi connectivity index (χ2n) is 8.67. The number of nitrogens with two attached hydrogens (primary N) is 1. The molecule has 0 bridgehead atoms. The Kier molecular flexibility index (Phi) is 4.73. The maximum absolute atomic E-state index is 6.26. The molecule has 0 unspecified atom stereocenters. The lowest BCUT2D eigenvalue weighted by atomic mass is 10.1. The molecule has 1 aliphatic heterocycles. The van der Waals surface area contributed by atoms with Gasteiger partial charge >= 0.3 is 0 Å². The number of aromatic nitrogens is 5. The number of aromatic amines is 2. The molecular weight excluding hydrogens is 412 g/mol. The van der Waals surface area contributed by atoms with Crippen molar-refractivity contribution in [1.82, 2.24) is 30.0 Å². The van der Waals surface area contributed by atoms with E-state index in [9.17, 15) is 0 Å². The fourth-order valence-electron chi connectivity index (χ4n) is 4.68. The molecule has 1 aliphatic rings. The Balaban J connectivity index is 1.20. The van der Waals surface area contributed by atoms with Crippen LogP contribution >= 0.6 is 0 Å². The third kappa shape index (κ3) is 3.58. The van der Waals surface area contributed by atoms with Crippen LogP contribution in [0.1, 0.15) is 11.3 Å². The van der Waals surface area contributed by atoms with Gasteiger partial charge in [0, 0.05) is 66.5 Å². The molecule has 166 valence electrons. The molecule has 3 aromatic heterocycles. The zero-order chi connectivity index (χ0) is 22.4. The number of rotatable bonds is 4. The maximum atomic E-state index is 6.26. The predicted molar refractivity (Wildman–Crippen MR) is 132 cm³/mol. The number of hydrogen-bond donors (Lipinski definition) is 3. The highest BCUT2D eigenvalue weighted by Crippen LogP contribution is 2.28. The average Bonchev–Trinajstić information content (AvgIpc) is 3.43. The van der Waals surface area contributed by atoms with Crippen molar-refractivity contribution in [2.45, 2.75) is 13.5 Å². The number of nitrogens with one attached hydrogen (secondary N) is 2. The van der Waals surface area contributed by atoms with Crippen LogP contribution < -0.4 is 10.6 Å². The molecule has 8 nitrogen and oxygen atoms in total. The minimum Gasteiger partial charge on any atom is -0.381 e. The number of nitrogen functional groups attached to an aromatic ring is 1. The molecule has 4 N–H and O–H groups in total. The first-order valence-electron chi connectivity index (χ1n) is 11.3. The van der Waals surface area contributed by atoms with E-state index < -0.39 is 0 Å². The van der Waals surface area contributed by atoms with Crippen molar-refractivity contribution in [3.05, 3.63) is 66.1 Å². The summed E-state index contributed by atoms with van der Waals surface area (Å²) < 4.78 is 0. The van der Waals surface area contributed by atoms with Gasteiger partial charge in [-0.05, 0) is 30.7 Å². The van der Waals surface area contributed by atoms with Gasteiger partial charge in [0.25, 0.3) is 0 Å². The summed E-state index contributed by atoms with van der Waals surface area (Å²) in [5.41, 5.74) is 12.6. The highest BCUT2D eigenvalue weighted by atomic mass is 15.3. The van der Waals surface area contributed by atoms with Crippen molar-refractivity contribution in [3.63, 3.8) is 0 Å². The minimum atomic E-state index is 0.476. The van der Waals surface area contributed by atoms with Crippen molar-refractivity contribution in [2.24, 2.45) is 0 Å². The van der Waals surface area contributed by atoms with Gasteiger partial charge in [-0.25, -0.2) is 9.97 Å². The first-order valence-corrected chi connectivity index (χ1v) is 11.3. The first kappa shape index (κ1) is 19.8. The quantitative estimate of drug-likeness (QED) is 0.395. The van der Waals surface area contributed by atoms with Crippen LogP contribution in [0.15, 0.2) is 54.9 Å².